The van der Waals surface area contributed by atoms with Crippen molar-refractivity contribution in [2.75, 3.05) is 26.2 Å². The van der Waals surface area contributed by atoms with Gasteiger partial charge < -0.3 is 26.4 Å². The van der Waals surface area contributed by atoms with Crippen LogP contribution in [0.2, 0.25) is 0 Å². The van der Waals surface area contributed by atoms with Crippen LogP contribution in [0.1, 0.15) is 84.0 Å². The molecule has 1 saturated carbocycles. The van der Waals surface area contributed by atoms with Gasteiger partial charge in [-0.1, -0.05) is 32.1 Å². The molecule has 0 aromatic carbocycles. The number of carboxylic acids is 1. The Bertz CT molecular complexity index is 779. The van der Waals surface area contributed by atoms with E-state index in [9.17, 15) is 29.1 Å². The average molecular weight is 524 g/mol. The van der Waals surface area contributed by atoms with Crippen molar-refractivity contribution in [3.05, 3.63) is 0 Å². The van der Waals surface area contributed by atoms with Crippen molar-refractivity contribution < 1.29 is 29.1 Å². The van der Waals surface area contributed by atoms with Crippen molar-refractivity contribution in [3.8, 4) is 0 Å². The summed E-state index contributed by atoms with van der Waals surface area (Å²) in [5.74, 6) is -2.78. The van der Waals surface area contributed by atoms with Crippen LogP contribution in [0, 0.1) is 11.8 Å². The van der Waals surface area contributed by atoms with Gasteiger partial charge in [0.1, 0.15) is 6.04 Å². The Hall–Kier alpha value is -2.53. The van der Waals surface area contributed by atoms with Gasteiger partial charge in [0.15, 0.2) is 0 Å². The Morgan fingerprint density at radius 1 is 1.00 bits per heavy atom. The normalized spacial score (nSPS) is 18.4. The standard InChI is InChI=1S/C26H45N5O6/c1-2-31(23(33)10-6-9-18-11-13-28-14-12-18)17-22(32)29-21(16-24(34)35)26(37)30-25(36)20(27)15-19-7-4-3-5-8-19/h18-21,28H,2-17,27H2,1H3,(H,29,32)(H,34,35)(H,30,36,37)/t20-,21-/m0/s1. The summed E-state index contributed by atoms with van der Waals surface area (Å²) in [6.45, 7) is 3.78. The van der Waals surface area contributed by atoms with Gasteiger partial charge in [-0.2, -0.15) is 0 Å². The first kappa shape index (κ1) is 30.7. The summed E-state index contributed by atoms with van der Waals surface area (Å²) in [4.78, 5) is 63.1. The smallest absolute Gasteiger partial charge is 0.305 e. The first-order valence-electron chi connectivity index (χ1n) is 13.8. The second-order valence-corrected chi connectivity index (χ2v) is 10.4. The number of amides is 4. The quantitative estimate of drug-likeness (QED) is 0.223. The van der Waals surface area contributed by atoms with Crippen LogP contribution >= 0.6 is 0 Å². The Kier molecular flexibility index (Phi) is 13.6. The number of hydrogen-bond acceptors (Lipinski definition) is 7. The third-order valence-electron chi connectivity index (χ3n) is 7.46. The largest absolute Gasteiger partial charge is 0.481 e. The molecule has 1 aliphatic carbocycles. The molecule has 4 amide bonds. The highest BCUT2D eigenvalue weighted by Crippen LogP contribution is 2.27. The van der Waals surface area contributed by atoms with E-state index in [1.54, 1.807) is 6.92 Å². The number of carbonyl (C=O) groups excluding carboxylic acids is 4. The Morgan fingerprint density at radius 3 is 2.30 bits per heavy atom. The molecule has 2 atom stereocenters. The van der Waals surface area contributed by atoms with Crippen LogP contribution in [0.25, 0.3) is 0 Å². The summed E-state index contributed by atoms with van der Waals surface area (Å²) in [7, 11) is 0. The van der Waals surface area contributed by atoms with E-state index in [1.165, 1.54) is 11.3 Å². The zero-order chi connectivity index (χ0) is 27.2. The van der Waals surface area contributed by atoms with E-state index in [2.05, 4.69) is 16.0 Å². The van der Waals surface area contributed by atoms with Gasteiger partial charge >= 0.3 is 5.97 Å². The van der Waals surface area contributed by atoms with E-state index in [0.717, 1.165) is 64.5 Å². The Labute approximate surface area is 219 Å². The molecule has 11 nitrogen and oxygen atoms in total. The molecule has 1 heterocycles. The van der Waals surface area contributed by atoms with Gasteiger partial charge in [-0.05, 0) is 64.0 Å². The number of aliphatic carboxylic acids is 1. The topological polar surface area (TPSA) is 171 Å². The fourth-order valence-corrected chi connectivity index (χ4v) is 5.23. The number of piperidine rings is 1. The molecule has 6 N–H and O–H groups in total. The van der Waals surface area contributed by atoms with Gasteiger partial charge in [-0.15, -0.1) is 0 Å². The molecular formula is C26H45N5O6. The van der Waals surface area contributed by atoms with Gasteiger partial charge in [0.25, 0.3) is 0 Å². The van der Waals surface area contributed by atoms with Gasteiger partial charge in [0.05, 0.1) is 19.0 Å². The molecule has 37 heavy (non-hydrogen) atoms. The minimum absolute atomic E-state index is 0.158. The van der Waals surface area contributed by atoms with Crippen molar-refractivity contribution in [2.45, 2.75) is 96.1 Å². The Morgan fingerprint density at radius 2 is 1.68 bits per heavy atom. The third kappa shape index (κ3) is 11.6. The van der Waals surface area contributed by atoms with Crippen LogP contribution in [0.5, 0.6) is 0 Å². The summed E-state index contributed by atoms with van der Waals surface area (Å²) in [6.07, 6.45) is 9.38. The van der Waals surface area contributed by atoms with Crippen molar-refractivity contribution in [2.24, 2.45) is 17.6 Å². The van der Waals surface area contributed by atoms with Crippen LogP contribution in [0.15, 0.2) is 0 Å². The number of carbonyl (C=O) groups is 5. The molecule has 210 valence electrons. The predicted molar refractivity (Wildman–Crippen MR) is 138 cm³/mol. The summed E-state index contributed by atoms with van der Waals surface area (Å²) < 4.78 is 0. The van der Waals surface area contributed by atoms with E-state index in [0.29, 0.717) is 31.2 Å². The molecule has 1 saturated heterocycles. The van der Waals surface area contributed by atoms with Crippen LogP contribution in [-0.2, 0) is 24.0 Å². The maximum absolute atomic E-state index is 12.7. The lowest BCUT2D eigenvalue weighted by Gasteiger charge is -2.25. The van der Waals surface area contributed by atoms with E-state index >= 15 is 0 Å². The lowest BCUT2D eigenvalue weighted by molar-refractivity contribution is -0.143. The fraction of sp³-hybridized carbons (Fsp3) is 0.808. The molecule has 0 unspecified atom stereocenters. The van der Waals surface area contributed by atoms with E-state index in [4.69, 9.17) is 5.73 Å². The van der Waals surface area contributed by atoms with Crippen LogP contribution in [0.3, 0.4) is 0 Å². The monoisotopic (exact) mass is 523 g/mol. The number of nitrogens with two attached hydrogens (primary N) is 1. The van der Waals surface area contributed by atoms with Gasteiger partial charge in [-0.3, -0.25) is 29.3 Å². The molecule has 1 aliphatic heterocycles. The SMILES string of the molecule is CCN(CC(=O)N[C@@H](CC(=O)O)C(=O)NC(=O)[C@@H](N)CC1CCCCC1)C(=O)CCCC1CCNCC1. The highest BCUT2D eigenvalue weighted by Gasteiger charge is 2.29. The van der Waals surface area contributed by atoms with Crippen molar-refractivity contribution >= 4 is 29.6 Å². The van der Waals surface area contributed by atoms with Crippen LogP contribution in [0.4, 0.5) is 0 Å². The van der Waals surface area contributed by atoms with Crippen LogP contribution < -0.4 is 21.7 Å². The average Bonchev–Trinajstić information content (AvgIpc) is 2.87. The van der Waals surface area contributed by atoms with E-state index in [1.807, 2.05) is 0 Å². The third-order valence-corrected chi connectivity index (χ3v) is 7.46. The molecular weight excluding hydrogens is 478 g/mol. The van der Waals surface area contributed by atoms with E-state index in [-0.39, 0.29) is 12.5 Å². The first-order chi connectivity index (χ1) is 17.7. The number of carboxylic acid groups (broad SMARTS) is 1. The minimum Gasteiger partial charge on any atom is -0.481 e. The maximum atomic E-state index is 12.7. The zero-order valence-electron chi connectivity index (χ0n) is 22.1. The molecule has 11 heteroatoms. The number of nitrogens with zero attached hydrogens (tertiary/aromatic N) is 1. The molecule has 2 fully saturated rings. The van der Waals surface area contributed by atoms with Gasteiger partial charge in [0, 0.05) is 13.0 Å². The lowest BCUT2D eigenvalue weighted by Crippen LogP contribution is -2.54. The molecule has 2 aliphatic rings. The van der Waals surface area contributed by atoms with Gasteiger partial charge in [0.2, 0.25) is 23.6 Å². The number of rotatable bonds is 14. The summed E-state index contributed by atoms with van der Waals surface area (Å²) >= 11 is 0. The maximum Gasteiger partial charge on any atom is 0.305 e. The highest BCUT2D eigenvalue weighted by molar-refractivity contribution is 6.02. The molecule has 0 spiro atoms. The zero-order valence-corrected chi connectivity index (χ0v) is 22.1. The molecule has 2 rings (SSSR count). The molecule has 0 radical (unpaired) electrons. The molecule has 0 aromatic rings. The minimum atomic E-state index is -1.45. The predicted octanol–water partition coefficient (Wildman–Crippen LogP) is 0.905. The number of likely N-dealkylation sites (N-methyl/N-ethyl adjacent to an activating group) is 1. The molecule has 0 aromatic heterocycles. The fourth-order valence-electron chi connectivity index (χ4n) is 5.23. The van der Waals surface area contributed by atoms with Gasteiger partial charge in [-0.25, -0.2) is 0 Å². The highest BCUT2D eigenvalue weighted by atomic mass is 16.4. The Balaban J connectivity index is 1.83. The van der Waals surface area contributed by atoms with Crippen molar-refractivity contribution in [3.63, 3.8) is 0 Å². The summed E-state index contributed by atoms with van der Waals surface area (Å²) in [6, 6.07) is -2.34. The number of imide groups is 1. The lowest BCUT2D eigenvalue weighted by atomic mass is 9.85. The van der Waals surface area contributed by atoms with Crippen LogP contribution in [-0.4, -0.2) is 77.9 Å². The summed E-state index contributed by atoms with van der Waals surface area (Å²) in [5.41, 5.74) is 5.99. The number of hydrogen-bond donors (Lipinski definition) is 5. The first-order valence-corrected chi connectivity index (χ1v) is 13.8. The van der Waals surface area contributed by atoms with Crippen molar-refractivity contribution in [1.29, 1.82) is 0 Å². The van der Waals surface area contributed by atoms with E-state index < -0.39 is 42.2 Å². The second-order valence-electron chi connectivity index (χ2n) is 10.4. The second kappa shape index (κ2) is 16.3. The summed E-state index contributed by atoms with van der Waals surface area (Å²) in [5, 5.41) is 17.1. The van der Waals surface area contributed by atoms with Crippen molar-refractivity contribution in [1.82, 2.24) is 20.9 Å². The number of nitrogens with one attached hydrogen (secondary N) is 3. The molecule has 0 bridgehead atoms.